The Kier molecular flexibility index (Phi) is 8.94. The molecule has 0 radical (unpaired) electrons. The SMILES string of the molecule is CC1=C/[C@@H](NC(=O)[C@@H](C)O)[C@]2(C)C(=O)O[C@H](C[C@H](O)/C=C\C(C)=C\C[C@H](O)/C=C\1)[C@@H](C)C2=O. The van der Waals surface area contributed by atoms with Crippen LogP contribution in [0.15, 0.2) is 47.6 Å². The number of hydrogen-bond donors (Lipinski definition) is 4. The molecule has 0 aromatic heterocycles. The summed E-state index contributed by atoms with van der Waals surface area (Å²) in [6.07, 6.45) is 6.38. The van der Waals surface area contributed by atoms with Crippen LogP contribution in [0.2, 0.25) is 0 Å². The van der Waals surface area contributed by atoms with E-state index in [0.717, 1.165) is 5.57 Å². The Morgan fingerprint density at radius 3 is 2.39 bits per heavy atom. The Morgan fingerprint density at radius 1 is 1.15 bits per heavy atom. The van der Waals surface area contributed by atoms with E-state index in [4.69, 9.17) is 4.74 Å². The van der Waals surface area contributed by atoms with Crippen molar-refractivity contribution in [3.05, 3.63) is 47.6 Å². The van der Waals surface area contributed by atoms with E-state index < -0.39 is 59.5 Å². The van der Waals surface area contributed by atoms with Crippen molar-refractivity contribution in [2.24, 2.45) is 11.3 Å². The number of ether oxygens (including phenoxy) is 1. The molecule has 182 valence electrons. The lowest BCUT2D eigenvalue weighted by Gasteiger charge is -2.42. The van der Waals surface area contributed by atoms with E-state index in [9.17, 15) is 29.7 Å². The van der Waals surface area contributed by atoms with Gasteiger partial charge in [-0.1, -0.05) is 54.5 Å². The lowest BCUT2D eigenvalue weighted by molar-refractivity contribution is -0.181. The quantitative estimate of drug-likeness (QED) is 0.362. The van der Waals surface area contributed by atoms with Crippen molar-refractivity contribution in [3.63, 3.8) is 0 Å². The van der Waals surface area contributed by atoms with Gasteiger partial charge in [0.25, 0.3) is 0 Å². The van der Waals surface area contributed by atoms with E-state index >= 15 is 0 Å². The van der Waals surface area contributed by atoms with Crippen molar-refractivity contribution in [3.8, 4) is 0 Å². The van der Waals surface area contributed by atoms with Crippen molar-refractivity contribution >= 4 is 17.7 Å². The molecule has 8 nitrogen and oxygen atoms in total. The predicted octanol–water partition coefficient (Wildman–Crippen LogP) is 1.51. The minimum absolute atomic E-state index is 0.0439. The van der Waals surface area contributed by atoms with Crippen LogP contribution in [-0.4, -0.2) is 63.4 Å². The number of esters is 1. The van der Waals surface area contributed by atoms with Crippen molar-refractivity contribution in [2.75, 3.05) is 0 Å². The summed E-state index contributed by atoms with van der Waals surface area (Å²) in [6.45, 7) is 7.89. The molecule has 0 spiro atoms. The van der Waals surface area contributed by atoms with Gasteiger partial charge in [-0.25, -0.2) is 0 Å². The zero-order valence-electron chi connectivity index (χ0n) is 19.8. The van der Waals surface area contributed by atoms with E-state index in [1.165, 1.54) is 13.8 Å². The topological polar surface area (TPSA) is 133 Å². The average Bonchev–Trinajstić information content (AvgIpc) is 2.75. The van der Waals surface area contributed by atoms with E-state index in [2.05, 4.69) is 5.32 Å². The number of nitrogens with one attached hydrogen (secondary N) is 1. The number of fused-ring (bicyclic) bond motifs is 10. The second-order valence-electron chi connectivity index (χ2n) is 9.14. The zero-order valence-corrected chi connectivity index (χ0v) is 19.8. The molecule has 4 N–H and O–H groups in total. The summed E-state index contributed by atoms with van der Waals surface area (Å²) in [5.41, 5.74) is -0.292. The molecule has 0 saturated carbocycles. The smallest absolute Gasteiger partial charge is 0.322 e. The Labute approximate surface area is 194 Å². The van der Waals surface area contributed by atoms with Gasteiger partial charge in [0, 0.05) is 6.42 Å². The van der Waals surface area contributed by atoms with Crippen LogP contribution in [0.25, 0.3) is 0 Å². The summed E-state index contributed by atoms with van der Waals surface area (Å²) in [5.74, 6) is -2.70. The summed E-state index contributed by atoms with van der Waals surface area (Å²) < 4.78 is 5.61. The fraction of sp³-hybridized carbons (Fsp3) is 0.560. The number of ketones is 1. The highest BCUT2D eigenvalue weighted by molar-refractivity contribution is 6.08. The minimum Gasteiger partial charge on any atom is -0.461 e. The van der Waals surface area contributed by atoms with Gasteiger partial charge in [-0.15, -0.1) is 0 Å². The van der Waals surface area contributed by atoms with Crippen LogP contribution in [-0.2, 0) is 19.1 Å². The molecule has 3 aliphatic rings. The maximum Gasteiger partial charge on any atom is 0.322 e. The molecule has 0 aromatic carbocycles. The molecule has 2 heterocycles. The third kappa shape index (κ3) is 6.50. The molecule has 1 saturated heterocycles. The van der Waals surface area contributed by atoms with Crippen LogP contribution >= 0.6 is 0 Å². The summed E-state index contributed by atoms with van der Waals surface area (Å²) in [6, 6.07) is -1.09. The van der Waals surface area contributed by atoms with Crippen molar-refractivity contribution in [1.82, 2.24) is 5.32 Å². The van der Waals surface area contributed by atoms with Crippen molar-refractivity contribution < 1.29 is 34.4 Å². The van der Waals surface area contributed by atoms with Crippen LogP contribution < -0.4 is 5.32 Å². The summed E-state index contributed by atoms with van der Waals surface area (Å²) >= 11 is 0. The number of allylic oxidation sites excluding steroid dienone is 4. The van der Waals surface area contributed by atoms with E-state index in [1.54, 1.807) is 44.2 Å². The highest BCUT2D eigenvalue weighted by Crippen LogP contribution is 2.38. The molecule has 7 atom stereocenters. The molecule has 0 aromatic rings. The monoisotopic (exact) mass is 461 g/mol. The summed E-state index contributed by atoms with van der Waals surface area (Å²) in [7, 11) is 0. The largest absolute Gasteiger partial charge is 0.461 e. The third-order valence-corrected chi connectivity index (χ3v) is 6.21. The van der Waals surface area contributed by atoms with Gasteiger partial charge in [0.05, 0.1) is 24.2 Å². The number of carbonyl (C=O) groups is 3. The number of rotatable bonds is 2. The molecular weight excluding hydrogens is 426 g/mol. The lowest BCUT2D eigenvalue weighted by Crippen LogP contribution is -2.61. The molecule has 33 heavy (non-hydrogen) atoms. The number of amides is 1. The second kappa shape index (κ2) is 11.0. The molecule has 2 bridgehead atoms. The molecule has 1 amide bonds. The van der Waals surface area contributed by atoms with Gasteiger partial charge in [-0.05, 0) is 34.1 Å². The molecule has 8 heteroatoms. The number of aliphatic hydroxyl groups excluding tert-OH is 3. The Bertz CT molecular complexity index is 885. The first-order valence-corrected chi connectivity index (χ1v) is 11.2. The standard InChI is InChI=1S/C25H35NO7/c1-14-6-9-18(28)10-8-15(2)12-21(26-23(31)17(4)27)25(5)22(30)16(3)20(33-24(25)32)13-19(29)11-7-14/h6-8,10-12,16-21,27-29H,9,13H2,1-5H3,(H,26,31)/b10-8-,11-7-,14-6+,15-12-/t16-,17-,18+,19-,20-,21-,25+/m1/s1. The Hall–Kier alpha value is -2.55. The molecule has 0 unspecified atom stereocenters. The third-order valence-electron chi connectivity index (χ3n) is 6.21. The van der Waals surface area contributed by atoms with Crippen LogP contribution in [0.3, 0.4) is 0 Å². The Balaban J connectivity index is 2.56. The highest BCUT2D eigenvalue weighted by atomic mass is 16.5. The number of hydrogen-bond acceptors (Lipinski definition) is 7. The fourth-order valence-electron chi connectivity index (χ4n) is 3.88. The first-order chi connectivity index (χ1) is 15.4. The maximum atomic E-state index is 13.5. The van der Waals surface area contributed by atoms with Crippen LogP contribution in [0.1, 0.15) is 47.5 Å². The predicted molar refractivity (Wildman–Crippen MR) is 123 cm³/mol. The molecule has 1 aliphatic carbocycles. The van der Waals surface area contributed by atoms with Gasteiger partial charge in [0.1, 0.15) is 17.6 Å². The number of aliphatic hydroxyl groups is 3. The molecule has 2 aliphatic heterocycles. The van der Waals surface area contributed by atoms with Crippen molar-refractivity contribution in [2.45, 2.75) is 77.9 Å². The normalized spacial score (nSPS) is 39.8. The highest BCUT2D eigenvalue weighted by Gasteiger charge is 2.56. The lowest BCUT2D eigenvalue weighted by atomic mass is 9.69. The Morgan fingerprint density at radius 2 is 1.76 bits per heavy atom. The zero-order chi connectivity index (χ0) is 24.9. The van der Waals surface area contributed by atoms with Crippen LogP contribution in [0, 0.1) is 11.3 Å². The molecule has 3 rings (SSSR count). The van der Waals surface area contributed by atoms with Gasteiger partial charge in [0.15, 0.2) is 5.78 Å². The fourth-order valence-corrected chi connectivity index (χ4v) is 3.88. The van der Waals surface area contributed by atoms with Crippen molar-refractivity contribution in [1.29, 1.82) is 0 Å². The van der Waals surface area contributed by atoms with Gasteiger partial charge < -0.3 is 25.4 Å². The average molecular weight is 462 g/mol. The minimum atomic E-state index is -1.74. The van der Waals surface area contributed by atoms with Gasteiger partial charge in [-0.3, -0.25) is 14.4 Å². The molecule has 1 fully saturated rings. The number of Topliss-reactive ketones (excluding diaryl/α,β-unsaturated/α-hetero) is 1. The van der Waals surface area contributed by atoms with Gasteiger partial charge >= 0.3 is 5.97 Å². The second-order valence-corrected chi connectivity index (χ2v) is 9.14. The van der Waals surface area contributed by atoms with E-state index in [0.29, 0.717) is 12.0 Å². The summed E-state index contributed by atoms with van der Waals surface area (Å²) in [4.78, 5) is 38.9. The van der Waals surface area contributed by atoms with Crippen LogP contribution in [0.4, 0.5) is 0 Å². The van der Waals surface area contributed by atoms with Crippen LogP contribution in [0.5, 0.6) is 0 Å². The first kappa shape index (κ1) is 26.7. The first-order valence-electron chi connectivity index (χ1n) is 11.2. The van der Waals surface area contributed by atoms with E-state index in [-0.39, 0.29) is 6.42 Å². The number of carbonyl (C=O) groups excluding carboxylic acids is 3. The van der Waals surface area contributed by atoms with Gasteiger partial charge in [-0.2, -0.15) is 0 Å². The molecular formula is C25H35NO7. The summed E-state index contributed by atoms with van der Waals surface area (Å²) in [5, 5.41) is 32.9. The maximum absolute atomic E-state index is 13.5. The van der Waals surface area contributed by atoms with Gasteiger partial charge in [0.2, 0.25) is 5.91 Å². The van der Waals surface area contributed by atoms with E-state index in [1.807, 2.05) is 13.0 Å².